The van der Waals surface area contributed by atoms with Crippen molar-refractivity contribution in [2.75, 3.05) is 4.90 Å². The molecule has 1 aliphatic carbocycles. The quantitative estimate of drug-likeness (QED) is 0.393. The number of hydrogen-bond acceptors (Lipinski definition) is 4. The van der Waals surface area contributed by atoms with Crippen LogP contribution in [-0.2, 0) is 16.1 Å². The monoisotopic (exact) mass is 530 g/mol. The van der Waals surface area contributed by atoms with Gasteiger partial charge < -0.3 is 20.1 Å². The summed E-state index contributed by atoms with van der Waals surface area (Å²) in [7, 11) is 0. The van der Waals surface area contributed by atoms with E-state index in [1.807, 2.05) is 30.3 Å². The maximum absolute atomic E-state index is 12.4. The van der Waals surface area contributed by atoms with E-state index in [-0.39, 0.29) is 6.04 Å². The molecule has 1 amide bonds. The molecule has 184 valence electrons. The molecule has 0 bridgehead atoms. The molecule has 0 heterocycles. The molecule has 0 aliphatic heterocycles. The van der Waals surface area contributed by atoms with Gasteiger partial charge in [-0.25, -0.2) is 9.59 Å². The van der Waals surface area contributed by atoms with Crippen molar-refractivity contribution in [3.05, 3.63) is 64.6 Å². The Hall–Kier alpha value is -2.54. The molecule has 2 atom stereocenters. The van der Waals surface area contributed by atoms with E-state index in [1.165, 1.54) is 0 Å². The molecule has 34 heavy (non-hydrogen) atoms. The molecular weight excluding hydrogens is 496 g/mol. The highest BCUT2D eigenvalue weighted by atomic mass is 79.9. The van der Waals surface area contributed by atoms with Crippen LogP contribution in [0.4, 0.5) is 10.5 Å². The molecule has 0 radical (unpaired) electrons. The van der Waals surface area contributed by atoms with Crippen LogP contribution in [0, 0.1) is 5.92 Å². The third-order valence-corrected chi connectivity index (χ3v) is 6.69. The van der Waals surface area contributed by atoms with Crippen molar-refractivity contribution in [2.45, 2.75) is 77.1 Å². The zero-order valence-electron chi connectivity index (χ0n) is 20.2. The van der Waals surface area contributed by atoms with E-state index in [2.05, 4.69) is 50.4 Å². The number of carbonyl (C=O) groups is 2. The van der Waals surface area contributed by atoms with Crippen LogP contribution in [0.5, 0.6) is 0 Å². The van der Waals surface area contributed by atoms with E-state index < -0.39 is 23.7 Å². The first-order valence-corrected chi connectivity index (χ1v) is 12.7. The second-order valence-electron chi connectivity index (χ2n) is 9.97. The number of rotatable bonds is 9. The van der Waals surface area contributed by atoms with E-state index in [9.17, 15) is 14.7 Å². The van der Waals surface area contributed by atoms with Crippen LogP contribution >= 0.6 is 15.9 Å². The molecule has 0 spiro atoms. The van der Waals surface area contributed by atoms with Gasteiger partial charge in [0.25, 0.3) is 0 Å². The van der Waals surface area contributed by atoms with Gasteiger partial charge in [-0.1, -0.05) is 59.1 Å². The van der Waals surface area contributed by atoms with Gasteiger partial charge in [-0.3, -0.25) is 0 Å². The maximum Gasteiger partial charge on any atom is 0.408 e. The van der Waals surface area contributed by atoms with Crippen molar-refractivity contribution in [3.8, 4) is 0 Å². The van der Waals surface area contributed by atoms with Crippen LogP contribution in [0.2, 0.25) is 0 Å². The minimum Gasteiger partial charge on any atom is -0.480 e. The summed E-state index contributed by atoms with van der Waals surface area (Å²) in [5.74, 6) is -0.709. The van der Waals surface area contributed by atoms with Gasteiger partial charge in [0, 0.05) is 22.7 Å². The number of carboxylic acid groups (broad SMARTS) is 1. The van der Waals surface area contributed by atoms with Gasteiger partial charge in [-0.15, -0.1) is 0 Å². The van der Waals surface area contributed by atoms with Crippen LogP contribution in [-0.4, -0.2) is 34.9 Å². The summed E-state index contributed by atoms with van der Waals surface area (Å²) < 4.78 is 6.34. The fourth-order valence-electron chi connectivity index (χ4n) is 4.64. The second-order valence-corrected chi connectivity index (χ2v) is 10.9. The van der Waals surface area contributed by atoms with E-state index in [4.69, 9.17) is 4.74 Å². The average molecular weight is 531 g/mol. The lowest BCUT2D eigenvalue weighted by Gasteiger charge is -2.39. The Labute approximate surface area is 210 Å². The lowest BCUT2D eigenvalue weighted by molar-refractivity contribution is -0.139. The van der Waals surface area contributed by atoms with E-state index in [0.29, 0.717) is 18.9 Å². The lowest BCUT2D eigenvalue weighted by atomic mass is 9.89. The molecule has 0 aromatic heterocycles. The Balaban J connectivity index is 1.92. The molecule has 0 saturated heterocycles. The topological polar surface area (TPSA) is 78.9 Å². The van der Waals surface area contributed by atoms with Gasteiger partial charge in [0.15, 0.2) is 0 Å². The van der Waals surface area contributed by atoms with E-state index in [1.54, 1.807) is 20.8 Å². The molecule has 1 saturated carbocycles. The maximum atomic E-state index is 12.4. The molecule has 1 unspecified atom stereocenters. The van der Waals surface area contributed by atoms with Gasteiger partial charge in [0.1, 0.15) is 11.6 Å². The number of carbonyl (C=O) groups excluding carboxylic acids is 1. The number of nitrogens with one attached hydrogen (secondary N) is 1. The molecule has 2 aromatic carbocycles. The van der Waals surface area contributed by atoms with E-state index >= 15 is 0 Å². The molecule has 3 rings (SSSR count). The molecule has 2 N–H and O–H groups in total. The standard InChI is InChI=1S/C27H35BrN2O4/c1-27(2,3)34-26(33)29-23(25(31)32)17-24(20-11-7-8-12-20)30(18-19-9-5-4-6-10-19)22-15-13-21(28)14-16-22/h4-6,9-10,13-16,20,23-24H,7-8,11-12,17-18H2,1-3H3,(H,29,33)(H,31,32)/t23-,24?/m0/s1. The van der Waals surface area contributed by atoms with Crippen LogP contribution in [0.15, 0.2) is 59.1 Å². The number of ether oxygens (including phenoxy) is 1. The van der Waals surface area contributed by atoms with Gasteiger partial charge >= 0.3 is 12.1 Å². The molecule has 1 aliphatic rings. The Morgan fingerprint density at radius 2 is 1.71 bits per heavy atom. The van der Waals surface area contributed by atoms with Crippen LogP contribution < -0.4 is 10.2 Å². The van der Waals surface area contributed by atoms with Crippen molar-refractivity contribution in [3.63, 3.8) is 0 Å². The Morgan fingerprint density at radius 3 is 2.26 bits per heavy atom. The Bertz CT molecular complexity index is 937. The Morgan fingerprint density at radius 1 is 1.09 bits per heavy atom. The minimum atomic E-state index is -1.05. The number of halogens is 1. The fourth-order valence-corrected chi connectivity index (χ4v) is 4.91. The first-order chi connectivity index (χ1) is 16.1. The van der Waals surface area contributed by atoms with Crippen LogP contribution in [0.1, 0.15) is 58.4 Å². The average Bonchev–Trinajstić information content (AvgIpc) is 3.30. The summed E-state index contributed by atoms with van der Waals surface area (Å²) in [6.07, 6.45) is 3.96. The number of hydrogen-bond donors (Lipinski definition) is 2. The number of anilines is 1. The highest BCUT2D eigenvalue weighted by molar-refractivity contribution is 9.10. The SMILES string of the molecule is CC(C)(C)OC(=O)N[C@@H](CC(C1CCCC1)N(Cc1ccccc1)c1ccc(Br)cc1)C(=O)O. The highest BCUT2D eigenvalue weighted by Crippen LogP contribution is 2.36. The minimum absolute atomic E-state index is 0.0556. The molecule has 7 heteroatoms. The predicted molar refractivity (Wildman–Crippen MR) is 138 cm³/mol. The first-order valence-electron chi connectivity index (χ1n) is 11.9. The van der Waals surface area contributed by atoms with Gasteiger partial charge in [-0.2, -0.15) is 0 Å². The highest BCUT2D eigenvalue weighted by Gasteiger charge is 2.35. The Kier molecular flexibility index (Phi) is 9.00. The molecule has 2 aromatic rings. The number of alkyl carbamates (subject to hydrolysis) is 1. The number of benzene rings is 2. The van der Waals surface area contributed by atoms with Gasteiger partial charge in [0.2, 0.25) is 0 Å². The lowest BCUT2D eigenvalue weighted by Crippen LogP contribution is -2.50. The van der Waals surface area contributed by atoms with Crippen molar-refractivity contribution >= 4 is 33.7 Å². The fraction of sp³-hybridized carbons (Fsp3) is 0.481. The zero-order valence-corrected chi connectivity index (χ0v) is 21.8. The summed E-state index contributed by atoms with van der Waals surface area (Å²) >= 11 is 3.52. The molecular formula is C27H35BrN2O4. The number of aliphatic carboxylic acids is 1. The van der Waals surface area contributed by atoms with Gasteiger partial charge in [0.05, 0.1) is 0 Å². The van der Waals surface area contributed by atoms with E-state index in [0.717, 1.165) is 41.4 Å². The second kappa shape index (κ2) is 11.7. The molecule has 1 fully saturated rings. The number of amides is 1. The summed E-state index contributed by atoms with van der Waals surface area (Å²) in [4.78, 5) is 27.0. The van der Waals surface area contributed by atoms with Crippen LogP contribution in [0.3, 0.4) is 0 Å². The van der Waals surface area contributed by atoms with Crippen LogP contribution in [0.25, 0.3) is 0 Å². The zero-order chi connectivity index (χ0) is 24.7. The summed E-state index contributed by atoms with van der Waals surface area (Å²) in [6.45, 7) is 5.94. The first kappa shape index (κ1) is 26.1. The van der Waals surface area contributed by atoms with Crippen molar-refractivity contribution in [1.82, 2.24) is 5.32 Å². The van der Waals surface area contributed by atoms with Crippen molar-refractivity contribution < 1.29 is 19.4 Å². The number of nitrogens with zero attached hydrogens (tertiary/aromatic N) is 1. The van der Waals surface area contributed by atoms with Crippen molar-refractivity contribution in [2.24, 2.45) is 5.92 Å². The summed E-state index contributed by atoms with van der Waals surface area (Å²) in [5, 5.41) is 12.6. The normalized spacial score (nSPS) is 16.0. The summed E-state index contributed by atoms with van der Waals surface area (Å²) in [5.41, 5.74) is 1.49. The number of carboxylic acids is 1. The molecule has 6 nitrogen and oxygen atoms in total. The third kappa shape index (κ3) is 7.76. The predicted octanol–water partition coefficient (Wildman–Crippen LogP) is 6.38. The smallest absolute Gasteiger partial charge is 0.408 e. The largest absolute Gasteiger partial charge is 0.480 e. The van der Waals surface area contributed by atoms with Crippen molar-refractivity contribution in [1.29, 1.82) is 0 Å². The summed E-state index contributed by atoms with van der Waals surface area (Å²) in [6, 6.07) is 17.2. The third-order valence-electron chi connectivity index (χ3n) is 6.16. The van der Waals surface area contributed by atoms with Gasteiger partial charge in [-0.05, 0) is 75.8 Å².